The van der Waals surface area contributed by atoms with Crippen LogP contribution >= 0.6 is 0 Å². The molecule has 0 aromatic rings. The summed E-state index contributed by atoms with van der Waals surface area (Å²) >= 11 is 0. The SMILES string of the molecule is CCCCCCCCCCCC=C(C)C(CCCCCCC)N1CCC(=O)C1=O. The van der Waals surface area contributed by atoms with Gasteiger partial charge in [0.15, 0.2) is 0 Å². The number of carbonyl (C=O) groups is 2. The van der Waals surface area contributed by atoms with Crippen molar-refractivity contribution in [3.05, 3.63) is 11.6 Å². The van der Waals surface area contributed by atoms with Crippen molar-refractivity contribution in [3.8, 4) is 0 Å². The molecule has 0 radical (unpaired) electrons. The highest BCUT2D eigenvalue weighted by atomic mass is 16.2. The fourth-order valence-corrected chi connectivity index (χ4v) is 4.38. The third-order valence-corrected chi connectivity index (χ3v) is 6.34. The Kier molecular flexibility index (Phi) is 14.9. The van der Waals surface area contributed by atoms with Crippen LogP contribution < -0.4 is 0 Å². The van der Waals surface area contributed by atoms with Gasteiger partial charge in [-0.2, -0.15) is 0 Å². The fourth-order valence-electron chi connectivity index (χ4n) is 4.38. The second-order valence-electron chi connectivity index (χ2n) is 8.96. The summed E-state index contributed by atoms with van der Waals surface area (Å²) < 4.78 is 0. The predicted octanol–water partition coefficient (Wildman–Crippen LogP) is 7.38. The Bertz CT molecular complexity index is 483. The first-order chi connectivity index (χ1) is 14.1. The summed E-state index contributed by atoms with van der Waals surface area (Å²) in [6.07, 6.45) is 23.2. The first-order valence-corrected chi connectivity index (χ1v) is 12.6. The van der Waals surface area contributed by atoms with E-state index < -0.39 is 0 Å². The molecule has 1 saturated heterocycles. The Labute approximate surface area is 180 Å². The Morgan fingerprint density at radius 3 is 1.86 bits per heavy atom. The van der Waals surface area contributed by atoms with Gasteiger partial charge in [0.05, 0.1) is 6.04 Å². The molecule has 168 valence electrons. The van der Waals surface area contributed by atoms with Gasteiger partial charge >= 0.3 is 0 Å². The third-order valence-electron chi connectivity index (χ3n) is 6.34. The molecule has 1 aliphatic rings. The number of rotatable bonds is 18. The van der Waals surface area contributed by atoms with E-state index in [1.54, 1.807) is 0 Å². The van der Waals surface area contributed by atoms with Crippen LogP contribution in [0.15, 0.2) is 11.6 Å². The molecule has 1 amide bonds. The van der Waals surface area contributed by atoms with Crippen LogP contribution in [0.4, 0.5) is 0 Å². The number of ketones is 1. The van der Waals surface area contributed by atoms with E-state index in [1.807, 2.05) is 4.90 Å². The van der Waals surface area contributed by atoms with E-state index in [1.165, 1.54) is 89.0 Å². The van der Waals surface area contributed by atoms with E-state index >= 15 is 0 Å². The van der Waals surface area contributed by atoms with Crippen LogP contribution in [0.3, 0.4) is 0 Å². The number of Topliss-reactive ketones (excluding diaryl/α,β-unsaturated/α-hetero) is 1. The number of likely N-dealkylation sites (tertiary alicyclic amines) is 1. The summed E-state index contributed by atoms with van der Waals surface area (Å²) in [5.74, 6) is -0.452. The zero-order valence-corrected chi connectivity index (χ0v) is 19.6. The number of hydrogen-bond acceptors (Lipinski definition) is 2. The maximum Gasteiger partial charge on any atom is 0.290 e. The molecule has 0 N–H and O–H groups in total. The summed E-state index contributed by atoms with van der Waals surface area (Å²) in [5, 5.41) is 0. The lowest BCUT2D eigenvalue weighted by Crippen LogP contribution is -2.38. The van der Waals surface area contributed by atoms with Gasteiger partial charge in [-0.25, -0.2) is 0 Å². The highest BCUT2D eigenvalue weighted by Gasteiger charge is 2.34. The van der Waals surface area contributed by atoms with Crippen LogP contribution in [0.5, 0.6) is 0 Å². The molecule has 29 heavy (non-hydrogen) atoms. The summed E-state index contributed by atoms with van der Waals surface area (Å²) in [5.41, 5.74) is 1.29. The second-order valence-corrected chi connectivity index (χ2v) is 8.96. The average molecular weight is 406 g/mol. The maximum atomic E-state index is 12.3. The summed E-state index contributed by atoms with van der Waals surface area (Å²) in [4.78, 5) is 25.9. The molecule has 0 aromatic heterocycles. The topological polar surface area (TPSA) is 37.4 Å². The van der Waals surface area contributed by atoms with E-state index in [4.69, 9.17) is 0 Å². The molecule has 1 fully saturated rings. The highest BCUT2D eigenvalue weighted by molar-refractivity contribution is 6.38. The van der Waals surface area contributed by atoms with Gasteiger partial charge < -0.3 is 4.90 Å². The Hall–Kier alpha value is -1.12. The molecule has 1 rings (SSSR count). The van der Waals surface area contributed by atoms with Crippen molar-refractivity contribution < 1.29 is 9.59 Å². The van der Waals surface area contributed by atoms with Crippen molar-refractivity contribution in [2.24, 2.45) is 0 Å². The molecule has 1 unspecified atom stereocenters. The minimum atomic E-state index is -0.251. The van der Waals surface area contributed by atoms with Gasteiger partial charge in [0, 0.05) is 13.0 Å². The monoisotopic (exact) mass is 405 g/mol. The van der Waals surface area contributed by atoms with Crippen molar-refractivity contribution in [1.82, 2.24) is 4.90 Å². The highest BCUT2D eigenvalue weighted by Crippen LogP contribution is 2.23. The summed E-state index contributed by atoms with van der Waals surface area (Å²) in [7, 11) is 0. The number of hydrogen-bond donors (Lipinski definition) is 0. The zero-order valence-electron chi connectivity index (χ0n) is 19.6. The van der Waals surface area contributed by atoms with E-state index in [-0.39, 0.29) is 17.7 Å². The molecule has 1 aliphatic heterocycles. The van der Waals surface area contributed by atoms with Crippen LogP contribution in [0.2, 0.25) is 0 Å². The van der Waals surface area contributed by atoms with Crippen molar-refractivity contribution in [2.75, 3.05) is 6.54 Å². The quantitative estimate of drug-likeness (QED) is 0.135. The van der Waals surface area contributed by atoms with Gasteiger partial charge in [-0.1, -0.05) is 109 Å². The largest absolute Gasteiger partial charge is 0.329 e. The molecule has 1 heterocycles. The molecular formula is C26H47NO2. The van der Waals surface area contributed by atoms with Crippen molar-refractivity contribution in [1.29, 1.82) is 0 Å². The number of carbonyl (C=O) groups excluding carboxylic acids is 2. The lowest BCUT2D eigenvalue weighted by atomic mass is 9.97. The van der Waals surface area contributed by atoms with Crippen LogP contribution in [-0.2, 0) is 9.59 Å². The molecule has 0 aliphatic carbocycles. The number of nitrogens with zero attached hydrogens (tertiary/aromatic N) is 1. The minimum absolute atomic E-state index is 0.133. The van der Waals surface area contributed by atoms with Gasteiger partial charge in [0.1, 0.15) is 0 Å². The van der Waals surface area contributed by atoms with Gasteiger partial charge in [-0.15, -0.1) is 0 Å². The molecule has 0 spiro atoms. The lowest BCUT2D eigenvalue weighted by molar-refractivity contribution is -0.140. The predicted molar refractivity (Wildman–Crippen MR) is 124 cm³/mol. The van der Waals surface area contributed by atoms with Crippen LogP contribution in [0.1, 0.15) is 130 Å². The van der Waals surface area contributed by atoms with Gasteiger partial charge in [-0.05, 0) is 26.2 Å². The van der Waals surface area contributed by atoms with Crippen molar-refractivity contribution >= 4 is 11.7 Å². The molecule has 0 aromatic carbocycles. The van der Waals surface area contributed by atoms with E-state index in [0.29, 0.717) is 13.0 Å². The maximum absolute atomic E-state index is 12.3. The normalized spacial score (nSPS) is 16.1. The first kappa shape index (κ1) is 25.9. The lowest BCUT2D eigenvalue weighted by Gasteiger charge is -2.28. The smallest absolute Gasteiger partial charge is 0.290 e. The summed E-state index contributed by atoms with van der Waals surface area (Å²) in [6.45, 7) is 7.28. The van der Waals surface area contributed by atoms with Crippen molar-refractivity contribution in [3.63, 3.8) is 0 Å². The molecule has 0 bridgehead atoms. The van der Waals surface area contributed by atoms with Crippen LogP contribution in [0, 0.1) is 0 Å². The average Bonchev–Trinajstić information content (AvgIpc) is 3.04. The Balaban J connectivity index is 2.36. The van der Waals surface area contributed by atoms with Crippen molar-refractivity contribution in [2.45, 2.75) is 136 Å². The number of amides is 1. The molecule has 1 atom stereocenters. The van der Waals surface area contributed by atoms with E-state index in [9.17, 15) is 9.59 Å². The third kappa shape index (κ3) is 11.0. The van der Waals surface area contributed by atoms with Gasteiger partial charge in [0.2, 0.25) is 5.78 Å². The summed E-state index contributed by atoms with van der Waals surface area (Å²) in [6, 6.07) is 0.133. The number of allylic oxidation sites excluding steroid dienone is 1. The van der Waals surface area contributed by atoms with E-state index in [2.05, 4.69) is 26.8 Å². The van der Waals surface area contributed by atoms with Gasteiger partial charge in [-0.3, -0.25) is 9.59 Å². The van der Waals surface area contributed by atoms with Crippen LogP contribution in [-0.4, -0.2) is 29.2 Å². The minimum Gasteiger partial charge on any atom is -0.329 e. The standard InChI is InChI=1S/C26H47NO2/c1-4-6-8-10-11-12-13-14-16-17-19-23(3)24(20-18-15-9-7-5-2)27-22-21-25(28)26(27)29/h19,24H,4-18,20-22H2,1-3H3. The van der Waals surface area contributed by atoms with E-state index in [0.717, 1.165) is 19.3 Å². The fraction of sp³-hybridized carbons (Fsp3) is 0.846. The molecule has 3 nitrogen and oxygen atoms in total. The van der Waals surface area contributed by atoms with Crippen LogP contribution in [0.25, 0.3) is 0 Å². The molecule has 0 saturated carbocycles. The Morgan fingerprint density at radius 2 is 1.34 bits per heavy atom. The molecular weight excluding hydrogens is 358 g/mol. The molecule has 3 heteroatoms. The first-order valence-electron chi connectivity index (χ1n) is 12.6. The van der Waals surface area contributed by atoms with Gasteiger partial charge in [0.25, 0.3) is 5.91 Å². The second kappa shape index (κ2) is 16.7. The zero-order chi connectivity index (χ0) is 21.3. The number of unbranched alkanes of at least 4 members (excludes halogenated alkanes) is 13. The Morgan fingerprint density at radius 1 is 0.828 bits per heavy atom.